The quantitative estimate of drug-likeness (QED) is 0.634. The first-order chi connectivity index (χ1) is 15.0. The van der Waals surface area contributed by atoms with E-state index in [0.717, 1.165) is 10.9 Å². The Balaban J connectivity index is 1.69. The van der Waals surface area contributed by atoms with Gasteiger partial charge in [0.15, 0.2) is 0 Å². The van der Waals surface area contributed by atoms with Gasteiger partial charge in [0, 0.05) is 37.1 Å². The average molecular weight is 421 g/mol. The summed E-state index contributed by atoms with van der Waals surface area (Å²) >= 11 is 0. The number of piperazine rings is 1. The Morgan fingerprint density at radius 3 is 2.45 bits per heavy atom. The molecule has 0 bridgehead atoms. The molecule has 0 unspecified atom stereocenters. The predicted molar refractivity (Wildman–Crippen MR) is 116 cm³/mol. The molecule has 6 nitrogen and oxygen atoms in total. The second kappa shape index (κ2) is 8.71. The second-order valence-corrected chi connectivity index (χ2v) is 7.53. The van der Waals surface area contributed by atoms with Crippen LogP contribution in [0.5, 0.6) is 0 Å². The standard InChI is InChI=1S/C24H24FN3O3/c1-3-31-24(30)28-12-10-27(11-13-28)23(29)19-15-22(17-6-4-5-7-20(17)25)26-21-9-8-16(2)14-18(19)21/h4-9,14-15H,3,10-13H2,1-2H3. The highest BCUT2D eigenvalue weighted by atomic mass is 19.1. The van der Waals surface area contributed by atoms with Crippen molar-refractivity contribution >= 4 is 22.9 Å². The molecule has 1 aromatic heterocycles. The third kappa shape index (κ3) is 4.21. The summed E-state index contributed by atoms with van der Waals surface area (Å²) < 4.78 is 19.5. The maximum atomic E-state index is 14.4. The fourth-order valence-corrected chi connectivity index (χ4v) is 3.80. The molecule has 0 radical (unpaired) electrons. The molecule has 3 aromatic rings. The zero-order valence-corrected chi connectivity index (χ0v) is 17.6. The van der Waals surface area contributed by atoms with Gasteiger partial charge in [-0.25, -0.2) is 14.2 Å². The van der Waals surface area contributed by atoms with Crippen molar-refractivity contribution in [1.82, 2.24) is 14.8 Å². The van der Waals surface area contributed by atoms with E-state index in [1.165, 1.54) is 6.07 Å². The van der Waals surface area contributed by atoms with E-state index in [1.807, 2.05) is 25.1 Å². The predicted octanol–water partition coefficient (Wildman–Crippen LogP) is 4.26. The first-order valence-corrected chi connectivity index (χ1v) is 10.3. The molecule has 7 heteroatoms. The molecule has 1 aliphatic heterocycles. The van der Waals surface area contributed by atoms with Crippen LogP contribution in [0.2, 0.25) is 0 Å². The van der Waals surface area contributed by atoms with Crippen molar-refractivity contribution in [3.05, 3.63) is 65.5 Å². The van der Waals surface area contributed by atoms with E-state index >= 15 is 0 Å². The SMILES string of the molecule is CCOC(=O)N1CCN(C(=O)c2cc(-c3ccccc3F)nc3ccc(C)cc23)CC1. The van der Waals surface area contributed by atoms with Gasteiger partial charge in [0.2, 0.25) is 0 Å². The van der Waals surface area contributed by atoms with Gasteiger partial charge in [-0.05, 0) is 44.2 Å². The number of hydrogen-bond acceptors (Lipinski definition) is 4. The van der Waals surface area contributed by atoms with Gasteiger partial charge >= 0.3 is 6.09 Å². The van der Waals surface area contributed by atoms with Crippen LogP contribution in [-0.2, 0) is 4.74 Å². The number of aryl methyl sites for hydroxylation is 1. The number of aromatic nitrogens is 1. The molecule has 2 heterocycles. The number of carbonyl (C=O) groups excluding carboxylic acids is 2. The summed E-state index contributed by atoms with van der Waals surface area (Å²) in [6.07, 6.45) is -0.360. The van der Waals surface area contributed by atoms with Crippen molar-refractivity contribution in [2.24, 2.45) is 0 Å². The Hall–Kier alpha value is -3.48. The van der Waals surface area contributed by atoms with Crippen LogP contribution in [0.3, 0.4) is 0 Å². The molecule has 4 rings (SSSR count). The number of fused-ring (bicyclic) bond motifs is 1. The molecule has 2 amide bonds. The summed E-state index contributed by atoms with van der Waals surface area (Å²) in [6.45, 7) is 5.67. The zero-order valence-electron chi connectivity index (χ0n) is 17.6. The van der Waals surface area contributed by atoms with Crippen LogP contribution in [0.1, 0.15) is 22.8 Å². The summed E-state index contributed by atoms with van der Waals surface area (Å²) in [6, 6.07) is 13.8. The normalized spacial score (nSPS) is 14.0. The Labute approximate surface area is 180 Å². The largest absolute Gasteiger partial charge is 0.450 e. The van der Waals surface area contributed by atoms with E-state index < -0.39 is 0 Å². The van der Waals surface area contributed by atoms with E-state index in [2.05, 4.69) is 4.98 Å². The van der Waals surface area contributed by atoms with Gasteiger partial charge in [0.25, 0.3) is 5.91 Å². The maximum Gasteiger partial charge on any atom is 0.409 e. The van der Waals surface area contributed by atoms with E-state index in [0.29, 0.717) is 55.1 Å². The summed E-state index contributed by atoms with van der Waals surface area (Å²) in [4.78, 5) is 33.3. The number of halogens is 1. The van der Waals surface area contributed by atoms with Gasteiger partial charge in [-0.1, -0.05) is 23.8 Å². The summed E-state index contributed by atoms with van der Waals surface area (Å²) in [5, 5.41) is 0.734. The zero-order chi connectivity index (χ0) is 22.0. The monoisotopic (exact) mass is 421 g/mol. The number of ether oxygens (including phenoxy) is 1. The van der Waals surface area contributed by atoms with Gasteiger partial charge in [-0.2, -0.15) is 0 Å². The second-order valence-electron chi connectivity index (χ2n) is 7.53. The van der Waals surface area contributed by atoms with Crippen molar-refractivity contribution in [3.63, 3.8) is 0 Å². The van der Waals surface area contributed by atoms with Crippen molar-refractivity contribution in [1.29, 1.82) is 0 Å². The van der Waals surface area contributed by atoms with E-state index in [4.69, 9.17) is 4.74 Å². The number of rotatable bonds is 3. The van der Waals surface area contributed by atoms with Crippen molar-refractivity contribution < 1.29 is 18.7 Å². The molecule has 0 aliphatic carbocycles. The van der Waals surface area contributed by atoms with Gasteiger partial charge in [-0.3, -0.25) is 4.79 Å². The highest BCUT2D eigenvalue weighted by Gasteiger charge is 2.27. The van der Waals surface area contributed by atoms with Crippen LogP contribution in [0.25, 0.3) is 22.2 Å². The molecule has 0 N–H and O–H groups in total. The molecule has 1 aliphatic rings. The number of amides is 2. The lowest BCUT2D eigenvalue weighted by Crippen LogP contribution is -2.50. The fraction of sp³-hybridized carbons (Fsp3) is 0.292. The fourth-order valence-electron chi connectivity index (χ4n) is 3.80. The van der Waals surface area contributed by atoms with E-state index in [9.17, 15) is 14.0 Å². The molecular formula is C24H24FN3O3. The topological polar surface area (TPSA) is 62.7 Å². The number of benzene rings is 2. The molecule has 0 saturated carbocycles. The lowest BCUT2D eigenvalue weighted by Gasteiger charge is -2.34. The lowest BCUT2D eigenvalue weighted by molar-refractivity contribution is 0.0572. The minimum Gasteiger partial charge on any atom is -0.450 e. The summed E-state index contributed by atoms with van der Waals surface area (Å²) in [5.41, 5.74) is 2.90. The van der Waals surface area contributed by atoms with E-state index in [1.54, 1.807) is 41.0 Å². The molecule has 0 spiro atoms. The summed E-state index contributed by atoms with van der Waals surface area (Å²) in [5.74, 6) is -0.540. The van der Waals surface area contributed by atoms with Crippen LogP contribution in [-0.4, -0.2) is 59.6 Å². The highest BCUT2D eigenvalue weighted by molar-refractivity contribution is 6.07. The average Bonchev–Trinajstić information content (AvgIpc) is 2.78. The first-order valence-electron chi connectivity index (χ1n) is 10.3. The van der Waals surface area contributed by atoms with Crippen LogP contribution in [0.15, 0.2) is 48.5 Å². The highest BCUT2D eigenvalue weighted by Crippen LogP contribution is 2.28. The molecule has 160 valence electrons. The first kappa shape index (κ1) is 20.8. The number of pyridine rings is 1. The third-order valence-corrected chi connectivity index (χ3v) is 5.44. The Kier molecular flexibility index (Phi) is 5.84. The molecule has 31 heavy (non-hydrogen) atoms. The smallest absolute Gasteiger partial charge is 0.409 e. The molecule has 1 fully saturated rings. The lowest BCUT2D eigenvalue weighted by atomic mass is 10.0. The molecule has 2 aromatic carbocycles. The van der Waals surface area contributed by atoms with Crippen LogP contribution < -0.4 is 0 Å². The third-order valence-electron chi connectivity index (χ3n) is 5.44. The van der Waals surface area contributed by atoms with Gasteiger partial charge < -0.3 is 14.5 Å². The van der Waals surface area contributed by atoms with Gasteiger partial charge in [0.1, 0.15) is 5.82 Å². The molecule has 1 saturated heterocycles. The number of hydrogen-bond donors (Lipinski definition) is 0. The van der Waals surface area contributed by atoms with Crippen molar-refractivity contribution in [3.8, 4) is 11.3 Å². The number of carbonyl (C=O) groups is 2. The molecule has 0 atom stereocenters. The summed E-state index contributed by atoms with van der Waals surface area (Å²) in [7, 11) is 0. The minimum atomic E-state index is -0.386. The number of nitrogens with zero attached hydrogens (tertiary/aromatic N) is 3. The van der Waals surface area contributed by atoms with Gasteiger partial charge in [0.05, 0.1) is 23.4 Å². The Bertz CT molecular complexity index is 1140. The van der Waals surface area contributed by atoms with Crippen LogP contribution >= 0.6 is 0 Å². The Morgan fingerprint density at radius 2 is 1.74 bits per heavy atom. The van der Waals surface area contributed by atoms with Crippen LogP contribution in [0, 0.1) is 12.7 Å². The van der Waals surface area contributed by atoms with E-state index in [-0.39, 0.29) is 17.8 Å². The Morgan fingerprint density at radius 1 is 1.03 bits per heavy atom. The maximum absolute atomic E-state index is 14.4. The van der Waals surface area contributed by atoms with Crippen molar-refractivity contribution in [2.75, 3.05) is 32.8 Å². The minimum absolute atomic E-state index is 0.154. The van der Waals surface area contributed by atoms with Gasteiger partial charge in [-0.15, -0.1) is 0 Å². The van der Waals surface area contributed by atoms with Crippen molar-refractivity contribution in [2.45, 2.75) is 13.8 Å². The van der Waals surface area contributed by atoms with Crippen LogP contribution in [0.4, 0.5) is 9.18 Å². The molecular weight excluding hydrogens is 397 g/mol.